The summed E-state index contributed by atoms with van der Waals surface area (Å²) in [6.45, 7) is 2.18. The van der Waals surface area contributed by atoms with Gasteiger partial charge in [0.1, 0.15) is 0 Å². The van der Waals surface area contributed by atoms with Crippen molar-refractivity contribution in [1.29, 1.82) is 0 Å². The normalized spacial score (nSPS) is 10.3. The van der Waals surface area contributed by atoms with Crippen LogP contribution in [0.25, 0.3) is 0 Å². The summed E-state index contributed by atoms with van der Waals surface area (Å²) >= 11 is 1.46. The number of benzene rings is 1. The summed E-state index contributed by atoms with van der Waals surface area (Å²) < 4.78 is 4.97. The Bertz CT molecular complexity index is 551. The fraction of sp³-hybridized carbons (Fsp3) is 0.231. The van der Waals surface area contributed by atoms with E-state index in [2.05, 4.69) is 4.98 Å². The van der Waals surface area contributed by atoms with E-state index in [-0.39, 0.29) is 5.97 Å². The molecule has 0 spiro atoms. The van der Waals surface area contributed by atoms with Crippen LogP contribution in [0.2, 0.25) is 0 Å². The smallest absolute Gasteiger partial charge is 0.338 e. The van der Waals surface area contributed by atoms with Gasteiger partial charge in [-0.1, -0.05) is 12.1 Å². The van der Waals surface area contributed by atoms with Gasteiger partial charge in [-0.05, 0) is 24.6 Å². The first kappa shape index (κ1) is 12.6. The summed E-state index contributed by atoms with van der Waals surface area (Å²) in [5.74, 6) is -0.289. The van der Waals surface area contributed by atoms with Gasteiger partial charge in [0.05, 0.1) is 12.2 Å². The first-order chi connectivity index (χ1) is 8.69. The third-order valence-corrected chi connectivity index (χ3v) is 3.21. The summed E-state index contributed by atoms with van der Waals surface area (Å²) in [6.07, 6.45) is 2.49. The second-order valence-electron chi connectivity index (χ2n) is 3.76. The van der Waals surface area contributed by atoms with E-state index >= 15 is 0 Å². The van der Waals surface area contributed by atoms with Crippen LogP contribution in [0.15, 0.2) is 30.5 Å². The third kappa shape index (κ3) is 3.07. The third-order valence-electron chi connectivity index (χ3n) is 2.39. The molecule has 0 aliphatic carbocycles. The van der Waals surface area contributed by atoms with Crippen molar-refractivity contribution >= 4 is 22.4 Å². The number of anilines is 1. The van der Waals surface area contributed by atoms with Crippen molar-refractivity contribution in [1.82, 2.24) is 4.98 Å². The van der Waals surface area contributed by atoms with Crippen molar-refractivity contribution in [2.45, 2.75) is 13.3 Å². The minimum absolute atomic E-state index is 0.289. The van der Waals surface area contributed by atoms with Crippen molar-refractivity contribution in [3.63, 3.8) is 0 Å². The molecule has 1 aromatic carbocycles. The summed E-state index contributed by atoms with van der Waals surface area (Å²) in [5, 5.41) is 0.562. The quantitative estimate of drug-likeness (QED) is 0.860. The molecular weight excluding hydrogens is 248 g/mol. The SMILES string of the molecule is CCOC(=O)c1cccc(Cc2cnc(N)s2)c1. The number of carbonyl (C=O) groups is 1. The number of aromatic nitrogens is 1. The Morgan fingerprint density at radius 1 is 1.50 bits per heavy atom. The van der Waals surface area contributed by atoms with E-state index in [0.717, 1.165) is 16.9 Å². The fourth-order valence-corrected chi connectivity index (χ4v) is 2.35. The zero-order valence-corrected chi connectivity index (χ0v) is 10.9. The highest BCUT2D eigenvalue weighted by molar-refractivity contribution is 7.15. The van der Waals surface area contributed by atoms with Crippen LogP contribution >= 0.6 is 11.3 Å². The van der Waals surface area contributed by atoms with Gasteiger partial charge in [-0.15, -0.1) is 11.3 Å². The van der Waals surface area contributed by atoms with Gasteiger partial charge in [-0.25, -0.2) is 9.78 Å². The van der Waals surface area contributed by atoms with Crippen molar-refractivity contribution in [3.05, 3.63) is 46.5 Å². The molecule has 1 heterocycles. The summed E-state index contributed by atoms with van der Waals surface area (Å²) in [6, 6.07) is 7.42. The molecule has 2 N–H and O–H groups in total. The highest BCUT2D eigenvalue weighted by Gasteiger charge is 2.07. The Hall–Kier alpha value is -1.88. The Balaban J connectivity index is 2.14. The van der Waals surface area contributed by atoms with E-state index < -0.39 is 0 Å². The van der Waals surface area contributed by atoms with E-state index in [9.17, 15) is 4.79 Å². The molecule has 0 saturated heterocycles. The molecule has 0 fully saturated rings. The predicted octanol–water partition coefficient (Wildman–Crippen LogP) is 2.49. The van der Waals surface area contributed by atoms with Crippen molar-refractivity contribution in [2.75, 3.05) is 12.3 Å². The molecule has 1 aromatic heterocycles. The molecule has 2 rings (SSSR count). The van der Waals surface area contributed by atoms with E-state index in [0.29, 0.717) is 17.3 Å². The van der Waals surface area contributed by atoms with Crippen LogP contribution in [0, 0.1) is 0 Å². The van der Waals surface area contributed by atoms with Crippen molar-refractivity contribution in [2.24, 2.45) is 0 Å². The van der Waals surface area contributed by atoms with Crippen LogP contribution < -0.4 is 5.73 Å². The summed E-state index contributed by atoms with van der Waals surface area (Å²) in [7, 11) is 0. The monoisotopic (exact) mass is 262 g/mol. The summed E-state index contributed by atoms with van der Waals surface area (Å²) in [4.78, 5) is 16.7. The average molecular weight is 262 g/mol. The van der Waals surface area contributed by atoms with Gasteiger partial charge < -0.3 is 10.5 Å². The van der Waals surface area contributed by atoms with Gasteiger partial charge in [0, 0.05) is 17.5 Å². The van der Waals surface area contributed by atoms with Gasteiger partial charge in [-0.2, -0.15) is 0 Å². The summed E-state index contributed by atoms with van der Waals surface area (Å²) in [5.41, 5.74) is 7.20. The van der Waals surface area contributed by atoms with E-state index in [1.54, 1.807) is 19.2 Å². The zero-order chi connectivity index (χ0) is 13.0. The molecule has 0 aliphatic heterocycles. The lowest BCUT2D eigenvalue weighted by atomic mass is 10.1. The van der Waals surface area contributed by atoms with Crippen LogP contribution in [0.3, 0.4) is 0 Å². The average Bonchev–Trinajstić information content (AvgIpc) is 2.75. The second kappa shape index (κ2) is 5.64. The van der Waals surface area contributed by atoms with Crippen molar-refractivity contribution in [3.8, 4) is 0 Å². The van der Waals surface area contributed by atoms with Gasteiger partial charge in [0.2, 0.25) is 0 Å². The Labute approximate surface area is 109 Å². The number of hydrogen-bond donors (Lipinski definition) is 1. The maximum Gasteiger partial charge on any atom is 0.338 e. The van der Waals surface area contributed by atoms with Gasteiger partial charge >= 0.3 is 5.97 Å². The maximum absolute atomic E-state index is 11.6. The van der Waals surface area contributed by atoms with Gasteiger partial charge in [0.25, 0.3) is 0 Å². The number of esters is 1. The Morgan fingerprint density at radius 3 is 3.00 bits per heavy atom. The van der Waals surface area contributed by atoms with E-state index in [1.807, 2.05) is 18.2 Å². The number of carbonyl (C=O) groups excluding carboxylic acids is 1. The van der Waals surface area contributed by atoms with Crippen LogP contribution in [0.4, 0.5) is 5.13 Å². The molecular formula is C13H14N2O2S. The minimum Gasteiger partial charge on any atom is -0.462 e. The minimum atomic E-state index is -0.289. The molecule has 5 heteroatoms. The maximum atomic E-state index is 11.6. The first-order valence-corrected chi connectivity index (χ1v) is 6.47. The molecule has 0 saturated carbocycles. The Kier molecular flexibility index (Phi) is 3.94. The number of nitrogens with two attached hydrogens (primary N) is 1. The molecule has 4 nitrogen and oxygen atoms in total. The molecule has 0 atom stereocenters. The second-order valence-corrected chi connectivity index (χ2v) is 4.91. The number of thiazole rings is 1. The molecule has 0 unspecified atom stereocenters. The fourth-order valence-electron chi connectivity index (χ4n) is 1.63. The molecule has 0 aliphatic rings. The number of rotatable bonds is 4. The van der Waals surface area contributed by atoms with Crippen LogP contribution in [0.1, 0.15) is 27.7 Å². The van der Waals surface area contributed by atoms with Crippen LogP contribution in [0.5, 0.6) is 0 Å². The highest BCUT2D eigenvalue weighted by Crippen LogP contribution is 2.19. The first-order valence-electron chi connectivity index (χ1n) is 5.65. The van der Waals surface area contributed by atoms with E-state index in [4.69, 9.17) is 10.5 Å². The molecule has 0 radical (unpaired) electrons. The standard InChI is InChI=1S/C13H14N2O2S/c1-2-17-12(16)10-5-3-4-9(6-10)7-11-8-15-13(14)18-11/h3-6,8H,2,7H2,1H3,(H2,14,15). The largest absolute Gasteiger partial charge is 0.462 e. The number of hydrogen-bond acceptors (Lipinski definition) is 5. The van der Waals surface area contributed by atoms with Crippen molar-refractivity contribution < 1.29 is 9.53 Å². The van der Waals surface area contributed by atoms with Gasteiger partial charge in [0.15, 0.2) is 5.13 Å². The zero-order valence-electron chi connectivity index (χ0n) is 10.1. The lowest BCUT2D eigenvalue weighted by Gasteiger charge is -2.04. The van der Waals surface area contributed by atoms with Crippen LogP contribution in [-0.4, -0.2) is 17.6 Å². The molecule has 18 heavy (non-hydrogen) atoms. The lowest BCUT2D eigenvalue weighted by molar-refractivity contribution is 0.0526. The Morgan fingerprint density at radius 2 is 2.33 bits per heavy atom. The number of nitrogens with zero attached hydrogens (tertiary/aromatic N) is 1. The van der Waals surface area contributed by atoms with E-state index in [1.165, 1.54) is 11.3 Å². The molecule has 94 valence electrons. The molecule has 0 amide bonds. The topological polar surface area (TPSA) is 65.2 Å². The predicted molar refractivity (Wildman–Crippen MR) is 71.7 cm³/mol. The van der Waals surface area contributed by atoms with Gasteiger partial charge in [-0.3, -0.25) is 0 Å². The highest BCUT2D eigenvalue weighted by atomic mass is 32.1. The molecule has 0 bridgehead atoms. The number of nitrogen functional groups attached to an aromatic ring is 1. The lowest BCUT2D eigenvalue weighted by Crippen LogP contribution is -2.04. The number of ether oxygens (including phenoxy) is 1. The molecule has 2 aromatic rings. The van der Waals surface area contributed by atoms with Crippen LogP contribution in [-0.2, 0) is 11.2 Å².